The van der Waals surface area contributed by atoms with E-state index in [0.29, 0.717) is 40.7 Å². The summed E-state index contributed by atoms with van der Waals surface area (Å²) in [7, 11) is 0. The number of benzene rings is 1. The Bertz CT molecular complexity index is 1200. The van der Waals surface area contributed by atoms with Crippen LogP contribution in [0.3, 0.4) is 0 Å². The number of rotatable bonds is 11. The van der Waals surface area contributed by atoms with Crippen molar-refractivity contribution in [3.05, 3.63) is 40.4 Å². The molecule has 2 saturated heterocycles. The van der Waals surface area contributed by atoms with Crippen LogP contribution in [0.5, 0.6) is 0 Å². The maximum absolute atomic E-state index is 14.3. The topological polar surface area (TPSA) is 91.0 Å². The van der Waals surface area contributed by atoms with Crippen LogP contribution in [-0.4, -0.2) is 77.5 Å². The van der Waals surface area contributed by atoms with Crippen molar-refractivity contribution >= 4 is 46.6 Å². The van der Waals surface area contributed by atoms with Gasteiger partial charge in [-0.25, -0.2) is 0 Å². The van der Waals surface area contributed by atoms with E-state index in [2.05, 4.69) is 43.2 Å². The lowest BCUT2D eigenvalue weighted by molar-refractivity contribution is -0.141. The molecule has 1 aromatic rings. The van der Waals surface area contributed by atoms with Gasteiger partial charge >= 0.3 is 0 Å². The second-order valence-electron chi connectivity index (χ2n) is 12.6. The third kappa shape index (κ3) is 5.84. The molecule has 5 rings (SSSR count). The highest BCUT2D eigenvalue weighted by Crippen LogP contribution is 2.55. The smallest absolute Gasteiger partial charge is 0.246 e. The molecule has 1 saturated carbocycles. The summed E-state index contributed by atoms with van der Waals surface area (Å²) < 4.78 is 6.52. The summed E-state index contributed by atoms with van der Waals surface area (Å²) in [5.74, 6) is -1.48. The summed E-state index contributed by atoms with van der Waals surface area (Å²) in [5.41, 5.74) is -0.742. The molecule has 1 aliphatic carbocycles. The van der Waals surface area contributed by atoms with Gasteiger partial charge in [-0.3, -0.25) is 14.4 Å². The molecule has 42 heavy (non-hydrogen) atoms. The van der Waals surface area contributed by atoms with Crippen molar-refractivity contribution in [2.45, 2.75) is 83.6 Å². The van der Waals surface area contributed by atoms with Gasteiger partial charge in [0, 0.05) is 34.9 Å². The number of carbonyl (C=O) groups is 3. The zero-order chi connectivity index (χ0) is 30.2. The van der Waals surface area contributed by atoms with E-state index in [0.717, 1.165) is 45.2 Å². The van der Waals surface area contributed by atoms with Gasteiger partial charge in [0.1, 0.15) is 11.6 Å². The summed E-state index contributed by atoms with van der Waals surface area (Å²) in [6, 6.07) is 4.02. The van der Waals surface area contributed by atoms with E-state index in [4.69, 9.17) is 27.9 Å². The first-order valence-corrected chi connectivity index (χ1v) is 16.3. The largest absolute Gasteiger partial charge is 0.359 e. The van der Waals surface area contributed by atoms with Crippen LogP contribution in [0, 0.1) is 23.7 Å². The predicted octanol–water partition coefficient (Wildman–Crippen LogP) is 5.15. The number of fused-ring (bicyclic) bond motifs is 1. The summed E-state index contributed by atoms with van der Waals surface area (Å²) in [6.07, 6.45) is 8.26. The second kappa shape index (κ2) is 12.8. The zero-order valence-electron chi connectivity index (χ0n) is 25.1. The molecule has 2 N–H and O–H groups in total. The minimum atomic E-state index is -1.19. The number of likely N-dealkylation sites (tertiary alicyclic amines) is 1. The maximum Gasteiger partial charge on any atom is 0.246 e. The van der Waals surface area contributed by atoms with Gasteiger partial charge in [0.05, 0.1) is 17.9 Å². The standard InChI is InChI=1S/C32H44Cl2N4O4/c1-5-12-37(13-6-2)14-15-38-28(30(40)36-24-9-7-8-19(3)20(24)4)32-11-10-25(42-32)26(27(32)31(38)41)29(39)35-23-17-21(33)16-22(34)18-23/h10-11,16-20,24-28H,5-9,12-15H2,1-4H3,(H,35,39)(H,36,40)/t19?,20?,24?,25-,26?,27-,28?,32?/m0/s1. The molecule has 10 heteroatoms. The molecule has 1 aromatic carbocycles. The van der Waals surface area contributed by atoms with Crippen molar-refractivity contribution in [2.24, 2.45) is 23.7 Å². The Kier molecular flexibility index (Phi) is 9.57. The summed E-state index contributed by atoms with van der Waals surface area (Å²) in [5, 5.41) is 7.02. The number of hydrogen-bond acceptors (Lipinski definition) is 5. The SMILES string of the molecule is CCCN(CCC)CCN1C(=O)[C@@H]2C(C(=O)Nc3cc(Cl)cc(Cl)c3)[C@@H]3C=CC2(O3)C1C(=O)NC1CCCC(C)C1C. The highest BCUT2D eigenvalue weighted by atomic mass is 35.5. The van der Waals surface area contributed by atoms with E-state index in [9.17, 15) is 14.4 Å². The van der Waals surface area contributed by atoms with Crippen LogP contribution in [0.25, 0.3) is 0 Å². The first-order valence-electron chi connectivity index (χ1n) is 15.6. The number of nitrogens with zero attached hydrogens (tertiary/aromatic N) is 2. The van der Waals surface area contributed by atoms with E-state index >= 15 is 0 Å². The van der Waals surface area contributed by atoms with E-state index < -0.39 is 29.6 Å². The summed E-state index contributed by atoms with van der Waals surface area (Å²) in [6.45, 7) is 11.6. The van der Waals surface area contributed by atoms with Crippen molar-refractivity contribution in [3.63, 3.8) is 0 Å². The third-order valence-corrected chi connectivity index (χ3v) is 10.3. The number of anilines is 1. The van der Waals surface area contributed by atoms with Gasteiger partial charge in [-0.05, 0) is 62.4 Å². The monoisotopic (exact) mass is 618 g/mol. The van der Waals surface area contributed by atoms with Crippen LogP contribution in [0.2, 0.25) is 10.0 Å². The molecule has 8 nitrogen and oxygen atoms in total. The molecule has 0 radical (unpaired) electrons. The number of halogens is 2. The Morgan fingerprint density at radius 3 is 2.40 bits per heavy atom. The molecule has 3 amide bonds. The van der Waals surface area contributed by atoms with Crippen LogP contribution in [0.15, 0.2) is 30.4 Å². The van der Waals surface area contributed by atoms with Gasteiger partial charge in [-0.15, -0.1) is 0 Å². The molecule has 3 fully saturated rings. The quantitative estimate of drug-likeness (QED) is 0.335. The van der Waals surface area contributed by atoms with Crippen molar-refractivity contribution in [1.82, 2.24) is 15.1 Å². The minimum absolute atomic E-state index is 0.0413. The number of nitrogens with one attached hydrogen (secondary N) is 2. The molecule has 230 valence electrons. The lowest BCUT2D eigenvalue weighted by Gasteiger charge is -2.38. The Morgan fingerprint density at radius 2 is 1.74 bits per heavy atom. The fraction of sp³-hybridized carbons (Fsp3) is 0.656. The average molecular weight is 620 g/mol. The van der Waals surface area contributed by atoms with Gasteiger partial charge in [0.2, 0.25) is 17.7 Å². The number of carbonyl (C=O) groups excluding carboxylic acids is 3. The van der Waals surface area contributed by atoms with Crippen molar-refractivity contribution in [2.75, 3.05) is 31.5 Å². The lowest BCUT2D eigenvalue weighted by Crippen LogP contribution is -2.58. The second-order valence-corrected chi connectivity index (χ2v) is 13.5. The zero-order valence-corrected chi connectivity index (χ0v) is 26.6. The average Bonchev–Trinajstić information content (AvgIpc) is 3.57. The first-order chi connectivity index (χ1) is 20.1. The molecule has 3 aliphatic heterocycles. The summed E-state index contributed by atoms with van der Waals surface area (Å²) >= 11 is 12.3. The summed E-state index contributed by atoms with van der Waals surface area (Å²) in [4.78, 5) is 46.3. The highest BCUT2D eigenvalue weighted by molar-refractivity contribution is 6.35. The van der Waals surface area contributed by atoms with Crippen molar-refractivity contribution in [3.8, 4) is 0 Å². The minimum Gasteiger partial charge on any atom is -0.359 e. The molecule has 6 unspecified atom stereocenters. The Labute approximate surface area is 259 Å². The van der Waals surface area contributed by atoms with E-state index in [1.54, 1.807) is 23.1 Å². The first kappa shape index (κ1) is 31.3. The molecular weight excluding hydrogens is 575 g/mol. The van der Waals surface area contributed by atoms with Gasteiger partial charge in [0.15, 0.2) is 0 Å². The highest BCUT2D eigenvalue weighted by Gasteiger charge is 2.72. The normalized spacial score (nSPS) is 33.4. The fourth-order valence-corrected chi connectivity index (χ4v) is 8.15. The molecular formula is C32H44Cl2N4O4. The molecule has 1 spiro atoms. The van der Waals surface area contributed by atoms with E-state index in [1.165, 1.54) is 0 Å². The molecule has 2 bridgehead atoms. The molecule has 0 aromatic heterocycles. The van der Waals surface area contributed by atoms with Crippen LogP contribution in [0.4, 0.5) is 5.69 Å². The fourth-order valence-electron chi connectivity index (χ4n) is 7.62. The number of amides is 3. The van der Waals surface area contributed by atoms with Crippen LogP contribution >= 0.6 is 23.2 Å². The number of ether oxygens (including phenoxy) is 1. The van der Waals surface area contributed by atoms with Crippen molar-refractivity contribution < 1.29 is 19.1 Å². The third-order valence-electron chi connectivity index (χ3n) is 9.83. The van der Waals surface area contributed by atoms with Crippen molar-refractivity contribution in [1.29, 1.82) is 0 Å². The van der Waals surface area contributed by atoms with Crippen LogP contribution in [0.1, 0.15) is 59.8 Å². The van der Waals surface area contributed by atoms with Gasteiger partial charge in [-0.2, -0.15) is 0 Å². The Hall–Kier alpha value is -2.13. The van der Waals surface area contributed by atoms with Crippen LogP contribution in [-0.2, 0) is 19.1 Å². The van der Waals surface area contributed by atoms with Gasteiger partial charge in [0.25, 0.3) is 0 Å². The predicted molar refractivity (Wildman–Crippen MR) is 165 cm³/mol. The van der Waals surface area contributed by atoms with E-state index in [1.807, 2.05) is 12.2 Å². The maximum atomic E-state index is 14.3. The van der Waals surface area contributed by atoms with Gasteiger partial charge < -0.3 is 25.2 Å². The van der Waals surface area contributed by atoms with Gasteiger partial charge in [-0.1, -0.05) is 75.9 Å². The molecule has 4 aliphatic rings. The molecule has 8 atom stereocenters. The lowest BCUT2D eigenvalue weighted by atomic mass is 9.73. The van der Waals surface area contributed by atoms with Crippen LogP contribution < -0.4 is 10.6 Å². The number of hydrogen-bond donors (Lipinski definition) is 2. The molecule has 3 heterocycles. The Morgan fingerprint density at radius 1 is 1.05 bits per heavy atom. The van der Waals surface area contributed by atoms with E-state index in [-0.39, 0.29) is 23.8 Å². The Balaban J connectivity index is 1.43.